The zero-order valence-corrected chi connectivity index (χ0v) is 9.01. The molecular weight excluding hydrogens is 194 g/mol. The number of rotatable bonds is 3. The number of nitrogens with two attached hydrogens (primary N) is 1. The molecule has 1 rings (SSSR count). The van der Waals surface area contributed by atoms with Gasteiger partial charge in [0, 0.05) is 17.5 Å². The average molecular weight is 208 g/mol. The number of hydrogen-bond acceptors (Lipinski definition) is 1. The van der Waals surface area contributed by atoms with Crippen molar-refractivity contribution in [1.82, 2.24) is 0 Å². The molecule has 0 radical (unpaired) electrons. The summed E-state index contributed by atoms with van der Waals surface area (Å²) in [4.78, 5) is 0. The summed E-state index contributed by atoms with van der Waals surface area (Å²) in [5.74, 6) is 2.59. The molecule has 0 saturated carbocycles. The molecule has 2 N–H and O–H groups in total. The SMILES string of the molecule is C#CCCC(N)c1cc(Cl)ccc1C. The Balaban J connectivity index is 2.83. The van der Waals surface area contributed by atoms with E-state index < -0.39 is 0 Å². The van der Waals surface area contributed by atoms with E-state index in [9.17, 15) is 0 Å². The molecule has 0 aromatic heterocycles. The van der Waals surface area contributed by atoms with Gasteiger partial charge < -0.3 is 5.73 Å². The molecule has 74 valence electrons. The van der Waals surface area contributed by atoms with Crippen molar-refractivity contribution in [2.75, 3.05) is 0 Å². The van der Waals surface area contributed by atoms with Gasteiger partial charge in [0.15, 0.2) is 0 Å². The summed E-state index contributed by atoms with van der Waals surface area (Å²) in [7, 11) is 0. The first-order chi connectivity index (χ1) is 6.65. The number of halogens is 1. The van der Waals surface area contributed by atoms with Crippen LogP contribution in [0.5, 0.6) is 0 Å². The van der Waals surface area contributed by atoms with Crippen LogP contribution in [-0.2, 0) is 0 Å². The quantitative estimate of drug-likeness (QED) is 0.758. The van der Waals surface area contributed by atoms with E-state index in [-0.39, 0.29) is 6.04 Å². The predicted octanol–water partition coefficient (Wildman–Crippen LogP) is 3.06. The summed E-state index contributed by atoms with van der Waals surface area (Å²) in [6.07, 6.45) is 6.70. The van der Waals surface area contributed by atoms with Crippen LogP contribution in [0.4, 0.5) is 0 Å². The molecule has 0 bridgehead atoms. The molecule has 0 aliphatic heterocycles. The van der Waals surface area contributed by atoms with Gasteiger partial charge in [-0.1, -0.05) is 17.7 Å². The van der Waals surface area contributed by atoms with Crippen LogP contribution in [0.3, 0.4) is 0 Å². The Hall–Kier alpha value is -0.970. The van der Waals surface area contributed by atoms with Gasteiger partial charge in [-0.2, -0.15) is 0 Å². The van der Waals surface area contributed by atoms with Crippen molar-refractivity contribution in [3.63, 3.8) is 0 Å². The summed E-state index contributed by atoms with van der Waals surface area (Å²) in [5, 5.41) is 0.724. The lowest BCUT2D eigenvalue weighted by Crippen LogP contribution is -2.11. The van der Waals surface area contributed by atoms with E-state index in [0.29, 0.717) is 6.42 Å². The second-order valence-corrected chi connectivity index (χ2v) is 3.79. The van der Waals surface area contributed by atoms with Gasteiger partial charge in [-0.3, -0.25) is 0 Å². The molecule has 0 aliphatic rings. The van der Waals surface area contributed by atoms with E-state index in [2.05, 4.69) is 5.92 Å². The molecule has 1 aromatic carbocycles. The van der Waals surface area contributed by atoms with Crippen LogP contribution in [-0.4, -0.2) is 0 Å². The van der Waals surface area contributed by atoms with Gasteiger partial charge in [0.2, 0.25) is 0 Å². The average Bonchev–Trinajstić information content (AvgIpc) is 2.18. The lowest BCUT2D eigenvalue weighted by molar-refractivity contribution is 0.664. The van der Waals surface area contributed by atoms with E-state index in [1.807, 2.05) is 25.1 Å². The van der Waals surface area contributed by atoms with E-state index in [4.69, 9.17) is 23.8 Å². The number of aryl methyl sites for hydroxylation is 1. The highest BCUT2D eigenvalue weighted by molar-refractivity contribution is 6.30. The Morgan fingerprint density at radius 1 is 1.57 bits per heavy atom. The first-order valence-electron chi connectivity index (χ1n) is 4.60. The van der Waals surface area contributed by atoms with Crippen molar-refractivity contribution < 1.29 is 0 Å². The van der Waals surface area contributed by atoms with Gasteiger partial charge in [0.05, 0.1) is 0 Å². The van der Waals surface area contributed by atoms with E-state index in [1.165, 1.54) is 5.56 Å². The van der Waals surface area contributed by atoms with Crippen molar-refractivity contribution in [3.8, 4) is 12.3 Å². The van der Waals surface area contributed by atoms with Crippen LogP contribution in [0.25, 0.3) is 0 Å². The Morgan fingerprint density at radius 3 is 2.93 bits per heavy atom. The maximum absolute atomic E-state index is 6.00. The third kappa shape index (κ3) is 2.77. The Kier molecular flexibility index (Phi) is 4.00. The smallest absolute Gasteiger partial charge is 0.0409 e. The summed E-state index contributed by atoms with van der Waals surface area (Å²) in [6.45, 7) is 2.03. The Morgan fingerprint density at radius 2 is 2.29 bits per heavy atom. The first kappa shape index (κ1) is 11.1. The van der Waals surface area contributed by atoms with Crippen molar-refractivity contribution in [2.45, 2.75) is 25.8 Å². The van der Waals surface area contributed by atoms with Gasteiger partial charge in [-0.05, 0) is 36.6 Å². The maximum Gasteiger partial charge on any atom is 0.0409 e. The third-order valence-corrected chi connectivity index (χ3v) is 2.48. The molecule has 14 heavy (non-hydrogen) atoms. The minimum absolute atomic E-state index is 0.00949. The molecule has 1 nitrogen and oxygen atoms in total. The third-order valence-electron chi connectivity index (χ3n) is 2.24. The van der Waals surface area contributed by atoms with Gasteiger partial charge in [0.25, 0.3) is 0 Å². The lowest BCUT2D eigenvalue weighted by Gasteiger charge is -2.13. The van der Waals surface area contributed by atoms with Gasteiger partial charge in [-0.15, -0.1) is 12.3 Å². The van der Waals surface area contributed by atoms with Gasteiger partial charge >= 0.3 is 0 Å². The van der Waals surface area contributed by atoms with Gasteiger partial charge in [0.1, 0.15) is 0 Å². The Labute approximate surface area is 90.3 Å². The first-order valence-corrected chi connectivity index (χ1v) is 4.98. The Bertz CT molecular complexity index is 352. The van der Waals surface area contributed by atoms with Crippen molar-refractivity contribution >= 4 is 11.6 Å². The molecule has 0 spiro atoms. The minimum Gasteiger partial charge on any atom is -0.324 e. The highest BCUT2D eigenvalue weighted by Crippen LogP contribution is 2.23. The molecule has 1 aromatic rings. The van der Waals surface area contributed by atoms with Crippen LogP contribution in [0.15, 0.2) is 18.2 Å². The largest absolute Gasteiger partial charge is 0.324 e. The summed E-state index contributed by atoms with van der Waals surface area (Å²) in [6, 6.07) is 5.75. The standard InChI is InChI=1S/C12H14ClN/c1-3-4-5-12(14)11-8-10(13)7-6-9(11)2/h1,6-8,12H,4-5,14H2,2H3. The topological polar surface area (TPSA) is 26.0 Å². The van der Waals surface area contributed by atoms with Crippen LogP contribution in [0.2, 0.25) is 5.02 Å². The second kappa shape index (κ2) is 5.05. The summed E-state index contributed by atoms with van der Waals surface area (Å²) in [5.41, 5.74) is 8.25. The minimum atomic E-state index is -0.00949. The highest BCUT2D eigenvalue weighted by atomic mass is 35.5. The second-order valence-electron chi connectivity index (χ2n) is 3.35. The molecule has 0 fully saturated rings. The van der Waals surface area contributed by atoms with Gasteiger partial charge in [-0.25, -0.2) is 0 Å². The number of terminal acetylenes is 1. The fraction of sp³-hybridized carbons (Fsp3) is 0.333. The van der Waals surface area contributed by atoms with Crippen molar-refractivity contribution in [2.24, 2.45) is 5.73 Å². The fourth-order valence-corrected chi connectivity index (χ4v) is 1.59. The molecule has 0 saturated heterocycles. The molecule has 2 heteroatoms. The summed E-state index contributed by atoms with van der Waals surface area (Å²) < 4.78 is 0. The number of benzene rings is 1. The van der Waals surface area contributed by atoms with Crippen LogP contribution >= 0.6 is 11.6 Å². The molecule has 0 amide bonds. The molecule has 1 atom stereocenters. The maximum atomic E-state index is 6.00. The predicted molar refractivity (Wildman–Crippen MR) is 61.2 cm³/mol. The van der Waals surface area contributed by atoms with Crippen molar-refractivity contribution in [3.05, 3.63) is 34.3 Å². The lowest BCUT2D eigenvalue weighted by atomic mass is 9.98. The van der Waals surface area contributed by atoms with Crippen molar-refractivity contribution in [1.29, 1.82) is 0 Å². The monoisotopic (exact) mass is 207 g/mol. The zero-order chi connectivity index (χ0) is 10.6. The fourth-order valence-electron chi connectivity index (χ4n) is 1.41. The molecule has 1 unspecified atom stereocenters. The van der Waals surface area contributed by atoms with E-state index in [1.54, 1.807) is 0 Å². The summed E-state index contributed by atoms with van der Waals surface area (Å²) >= 11 is 5.90. The highest BCUT2D eigenvalue weighted by Gasteiger charge is 2.08. The number of hydrogen-bond donors (Lipinski definition) is 1. The van der Waals surface area contributed by atoms with E-state index >= 15 is 0 Å². The molecular formula is C12H14ClN. The van der Waals surface area contributed by atoms with Crippen LogP contribution < -0.4 is 5.73 Å². The normalized spacial score (nSPS) is 12.1. The molecule has 0 heterocycles. The van der Waals surface area contributed by atoms with Crippen LogP contribution in [0, 0.1) is 19.3 Å². The van der Waals surface area contributed by atoms with Crippen LogP contribution in [0.1, 0.15) is 30.0 Å². The zero-order valence-electron chi connectivity index (χ0n) is 8.26. The molecule has 0 aliphatic carbocycles. The van der Waals surface area contributed by atoms with E-state index in [0.717, 1.165) is 17.0 Å².